The van der Waals surface area contributed by atoms with Gasteiger partial charge in [-0.05, 0) is 62.2 Å². The summed E-state index contributed by atoms with van der Waals surface area (Å²) in [6, 6.07) is -0.230. The molecule has 4 saturated carbocycles. The van der Waals surface area contributed by atoms with E-state index >= 15 is 0 Å². The molecule has 4 rings (SSSR count). The minimum absolute atomic E-state index is 0.00155. The Morgan fingerprint density at radius 2 is 1.47 bits per heavy atom. The first-order chi connectivity index (χ1) is 8.00. The van der Waals surface area contributed by atoms with E-state index in [1.54, 1.807) is 0 Å². The van der Waals surface area contributed by atoms with Crippen molar-refractivity contribution in [2.75, 3.05) is 0 Å². The third kappa shape index (κ3) is 1.76. The quantitative estimate of drug-likeness (QED) is 0.817. The molecule has 0 heterocycles. The standard InChI is InChI=1S/C15H25NO/c1-9(2)13(16)14(17)15-6-10-3-11(7-15)5-12(4-10)8-15/h9-13H,3-8,16H2,1-2H3. The zero-order chi connectivity index (χ0) is 12.2. The maximum Gasteiger partial charge on any atom is 0.155 e. The minimum atomic E-state index is -0.230. The predicted molar refractivity (Wildman–Crippen MR) is 68.4 cm³/mol. The zero-order valence-corrected chi connectivity index (χ0v) is 11.1. The maximum absolute atomic E-state index is 12.7. The van der Waals surface area contributed by atoms with Crippen LogP contribution < -0.4 is 5.73 Å². The lowest BCUT2D eigenvalue weighted by molar-refractivity contribution is -0.146. The van der Waals surface area contributed by atoms with Crippen molar-refractivity contribution in [1.29, 1.82) is 0 Å². The molecule has 0 saturated heterocycles. The summed E-state index contributed by atoms with van der Waals surface area (Å²) in [6.07, 6.45) is 7.63. The van der Waals surface area contributed by atoms with Crippen molar-refractivity contribution >= 4 is 5.78 Å². The van der Waals surface area contributed by atoms with E-state index in [1.165, 1.54) is 19.3 Å². The second-order valence-electron chi connectivity index (χ2n) is 7.33. The van der Waals surface area contributed by atoms with E-state index in [-0.39, 0.29) is 17.4 Å². The molecule has 4 aliphatic carbocycles. The summed E-state index contributed by atoms with van der Waals surface area (Å²) >= 11 is 0. The smallest absolute Gasteiger partial charge is 0.155 e. The van der Waals surface area contributed by atoms with Gasteiger partial charge in [0.1, 0.15) is 0 Å². The Balaban J connectivity index is 1.84. The van der Waals surface area contributed by atoms with Crippen molar-refractivity contribution in [3.63, 3.8) is 0 Å². The number of rotatable bonds is 3. The van der Waals surface area contributed by atoms with Crippen molar-refractivity contribution in [2.24, 2.45) is 34.8 Å². The number of carbonyl (C=O) groups is 1. The van der Waals surface area contributed by atoms with Gasteiger partial charge in [-0.15, -0.1) is 0 Å². The van der Waals surface area contributed by atoms with E-state index < -0.39 is 0 Å². The summed E-state index contributed by atoms with van der Waals surface area (Å²) in [7, 11) is 0. The third-order valence-corrected chi connectivity index (χ3v) is 5.58. The van der Waals surface area contributed by atoms with Crippen LogP contribution in [0.3, 0.4) is 0 Å². The topological polar surface area (TPSA) is 43.1 Å². The van der Waals surface area contributed by atoms with E-state index in [9.17, 15) is 4.79 Å². The number of hydrogen-bond donors (Lipinski definition) is 1. The second kappa shape index (κ2) is 3.81. The lowest BCUT2D eigenvalue weighted by Crippen LogP contribution is -2.55. The lowest BCUT2D eigenvalue weighted by Gasteiger charge is -2.56. The molecule has 1 unspecified atom stereocenters. The summed E-state index contributed by atoms with van der Waals surface area (Å²) in [6.45, 7) is 4.14. The van der Waals surface area contributed by atoms with Crippen LogP contribution in [0.1, 0.15) is 52.4 Å². The highest BCUT2D eigenvalue weighted by atomic mass is 16.1. The molecule has 2 nitrogen and oxygen atoms in total. The monoisotopic (exact) mass is 235 g/mol. The van der Waals surface area contributed by atoms with Gasteiger partial charge in [-0.1, -0.05) is 13.8 Å². The van der Waals surface area contributed by atoms with Gasteiger partial charge in [0, 0.05) is 5.41 Å². The predicted octanol–water partition coefficient (Wildman–Crippen LogP) is 2.76. The molecular formula is C15H25NO. The summed E-state index contributed by atoms with van der Waals surface area (Å²) in [5, 5.41) is 0. The molecule has 17 heavy (non-hydrogen) atoms. The Morgan fingerprint density at radius 3 is 1.82 bits per heavy atom. The number of Topliss-reactive ketones (excluding diaryl/α,β-unsaturated/α-hetero) is 1. The van der Waals surface area contributed by atoms with E-state index in [4.69, 9.17) is 5.73 Å². The molecule has 0 amide bonds. The molecule has 4 aliphatic rings. The first kappa shape index (κ1) is 11.7. The molecule has 0 aromatic carbocycles. The normalized spacial score (nSPS) is 45.3. The Kier molecular flexibility index (Phi) is 2.62. The first-order valence-electron chi connectivity index (χ1n) is 7.30. The Morgan fingerprint density at radius 1 is 1.06 bits per heavy atom. The SMILES string of the molecule is CC(C)C(N)C(=O)C12CC3CC(CC(C3)C1)C2. The molecule has 2 heteroatoms. The van der Waals surface area contributed by atoms with Gasteiger partial charge in [0.05, 0.1) is 6.04 Å². The number of ketones is 1. The fraction of sp³-hybridized carbons (Fsp3) is 0.933. The maximum atomic E-state index is 12.7. The van der Waals surface area contributed by atoms with Crippen molar-refractivity contribution in [1.82, 2.24) is 0 Å². The molecular weight excluding hydrogens is 210 g/mol. The van der Waals surface area contributed by atoms with Crippen LogP contribution in [0.4, 0.5) is 0 Å². The van der Waals surface area contributed by atoms with Crippen LogP contribution in [-0.4, -0.2) is 11.8 Å². The van der Waals surface area contributed by atoms with Gasteiger partial charge >= 0.3 is 0 Å². The zero-order valence-electron chi connectivity index (χ0n) is 11.1. The summed E-state index contributed by atoms with van der Waals surface area (Å²) in [4.78, 5) is 12.7. The van der Waals surface area contributed by atoms with Gasteiger partial charge in [0.2, 0.25) is 0 Å². The van der Waals surface area contributed by atoms with Crippen LogP contribution in [-0.2, 0) is 4.79 Å². The fourth-order valence-electron chi connectivity index (χ4n) is 5.07. The van der Waals surface area contributed by atoms with Gasteiger partial charge < -0.3 is 5.73 Å². The third-order valence-electron chi connectivity index (χ3n) is 5.58. The van der Waals surface area contributed by atoms with Gasteiger partial charge in [0.25, 0.3) is 0 Å². The highest BCUT2D eigenvalue weighted by molar-refractivity contribution is 5.90. The highest BCUT2D eigenvalue weighted by Gasteiger charge is 2.55. The van der Waals surface area contributed by atoms with Crippen molar-refractivity contribution < 1.29 is 4.79 Å². The molecule has 0 spiro atoms. The van der Waals surface area contributed by atoms with Gasteiger partial charge in [-0.25, -0.2) is 0 Å². The average Bonchev–Trinajstić information content (AvgIpc) is 2.25. The van der Waals surface area contributed by atoms with Gasteiger partial charge in [-0.2, -0.15) is 0 Å². The Bertz CT molecular complexity index is 299. The van der Waals surface area contributed by atoms with Crippen LogP contribution >= 0.6 is 0 Å². The van der Waals surface area contributed by atoms with Crippen LogP contribution in [0.2, 0.25) is 0 Å². The average molecular weight is 235 g/mol. The molecule has 2 N–H and O–H groups in total. The second-order valence-corrected chi connectivity index (χ2v) is 7.33. The summed E-state index contributed by atoms with van der Waals surface area (Å²) in [5.41, 5.74) is 6.13. The minimum Gasteiger partial charge on any atom is -0.321 e. The van der Waals surface area contributed by atoms with Crippen molar-refractivity contribution in [2.45, 2.75) is 58.4 Å². The van der Waals surface area contributed by atoms with Gasteiger partial charge in [0.15, 0.2) is 5.78 Å². The number of nitrogens with two attached hydrogens (primary N) is 1. The fourth-order valence-corrected chi connectivity index (χ4v) is 5.07. The first-order valence-corrected chi connectivity index (χ1v) is 7.30. The Hall–Kier alpha value is -0.370. The molecule has 0 aliphatic heterocycles. The molecule has 0 aromatic rings. The van der Waals surface area contributed by atoms with Crippen molar-refractivity contribution in [3.8, 4) is 0 Å². The molecule has 1 atom stereocenters. The van der Waals surface area contributed by atoms with E-state index in [0.29, 0.717) is 5.78 Å². The summed E-state index contributed by atoms with van der Waals surface area (Å²) < 4.78 is 0. The van der Waals surface area contributed by atoms with Crippen LogP contribution in [0, 0.1) is 29.1 Å². The molecule has 0 aromatic heterocycles. The number of hydrogen-bond acceptors (Lipinski definition) is 2. The molecule has 4 bridgehead atoms. The van der Waals surface area contributed by atoms with Gasteiger partial charge in [-0.3, -0.25) is 4.79 Å². The van der Waals surface area contributed by atoms with Crippen LogP contribution in [0.5, 0.6) is 0 Å². The Labute approximate surface area is 104 Å². The molecule has 0 radical (unpaired) electrons. The van der Waals surface area contributed by atoms with Crippen LogP contribution in [0.15, 0.2) is 0 Å². The van der Waals surface area contributed by atoms with E-state index in [1.807, 2.05) is 0 Å². The van der Waals surface area contributed by atoms with E-state index in [2.05, 4.69) is 13.8 Å². The van der Waals surface area contributed by atoms with Crippen LogP contribution in [0.25, 0.3) is 0 Å². The molecule has 96 valence electrons. The molecule has 4 fully saturated rings. The van der Waals surface area contributed by atoms with E-state index in [0.717, 1.165) is 37.0 Å². The highest BCUT2D eigenvalue weighted by Crippen LogP contribution is 2.60. The largest absolute Gasteiger partial charge is 0.321 e. The number of carbonyl (C=O) groups excluding carboxylic acids is 1. The summed E-state index contributed by atoms with van der Waals surface area (Å²) in [5.74, 6) is 3.20. The van der Waals surface area contributed by atoms with Crippen molar-refractivity contribution in [3.05, 3.63) is 0 Å². The lowest BCUT2D eigenvalue weighted by atomic mass is 9.48.